The van der Waals surface area contributed by atoms with Crippen molar-refractivity contribution in [3.8, 4) is 0 Å². The van der Waals surface area contributed by atoms with Crippen LogP contribution in [-0.4, -0.2) is 13.6 Å². The van der Waals surface area contributed by atoms with Crippen LogP contribution in [0.4, 0.5) is 0 Å². The zero-order valence-corrected chi connectivity index (χ0v) is 8.10. The molecule has 0 aliphatic carbocycles. The molecular weight excluding hydrogens is 136 g/mol. The molecule has 0 saturated carbocycles. The van der Waals surface area contributed by atoms with Crippen molar-refractivity contribution >= 4 is 0 Å². The van der Waals surface area contributed by atoms with Gasteiger partial charge in [-0.25, -0.2) is 0 Å². The predicted octanol–water partition coefficient (Wildman–Crippen LogP) is 1.88. The van der Waals surface area contributed by atoms with Gasteiger partial charge in [0.1, 0.15) is 0 Å². The number of rotatable bonds is 6. The summed E-state index contributed by atoms with van der Waals surface area (Å²) in [5, 5.41) is 0. The standard InChI is InChI=1S/C8H19N.CH5N/c1-2-3-4-5-6-7-8-9;1-2/h2-9H2,1H3;2H2,1H3. The molecule has 0 spiro atoms. The van der Waals surface area contributed by atoms with Crippen LogP contribution in [0.5, 0.6) is 0 Å². The van der Waals surface area contributed by atoms with Crippen LogP contribution in [0.15, 0.2) is 0 Å². The van der Waals surface area contributed by atoms with E-state index < -0.39 is 0 Å². The van der Waals surface area contributed by atoms with Crippen molar-refractivity contribution in [1.82, 2.24) is 0 Å². The van der Waals surface area contributed by atoms with Gasteiger partial charge in [0.05, 0.1) is 0 Å². The van der Waals surface area contributed by atoms with E-state index >= 15 is 0 Å². The summed E-state index contributed by atoms with van der Waals surface area (Å²) in [7, 11) is 1.50. The van der Waals surface area contributed by atoms with Gasteiger partial charge >= 0.3 is 0 Å². The Labute approximate surface area is 71.3 Å². The SMILES string of the molecule is CCCCCCCCN.CN. The lowest BCUT2D eigenvalue weighted by molar-refractivity contribution is 0.612. The Hall–Kier alpha value is -0.0800. The van der Waals surface area contributed by atoms with Crippen molar-refractivity contribution in [2.75, 3.05) is 13.6 Å². The van der Waals surface area contributed by atoms with E-state index in [2.05, 4.69) is 12.7 Å². The average Bonchev–Trinajstić information content (AvgIpc) is 2.08. The van der Waals surface area contributed by atoms with Crippen LogP contribution in [0, 0.1) is 0 Å². The molecule has 0 atom stereocenters. The van der Waals surface area contributed by atoms with Gasteiger partial charge in [0, 0.05) is 0 Å². The summed E-state index contributed by atoms with van der Waals surface area (Å²) < 4.78 is 0. The highest BCUT2D eigenvalue weighted by molar-refractivity contribution is 4.43. The van der Waals surface area contributed by atoms with E-state index in [1.165, 1.54) is 45.6 Å². The summed E-state index contributed by atoms with van der Waals surface area (Å²) >= 11 is 0. The summed E-state index contributed by atoms with van der Waals surface area (Å²) in [6, 6.07) is 0. The third-order valence-corrected chi connectivity index (χ3v) is 1.56. The second kappa shape index (κ2) is 16.5. The minimum Gasteiger partial charge on any atom is -0.333 e. The molecule has 0 amide bonds. The van der Waals surface area contributed by atoms with E-state index in [-0.39, 0.29) is 0 Å². The maximum atomic E-state index is 5.34. The first-order chi connectivity index (χ1) is 5.41. The molecule has 0 aliphatic heterocycles. The number of hydrogen-bond donors (Lipinski definition) is 2. The fraction of sp³-hybridized carbons (Fsp3) is 1.00. The first-order valence-electron chi connectivity index (χ1n) is 4.69. The lowest BCUT2D eigenvalue weighted by atomic mass is 10.1. The van der Waals surface area contributed by atoms with Crippen LogP contribution in [-0.2, 0) is 0 Å². The quantitative estimate of drug-likeness (QED) is 0.583. The maximum Gasteiger partial charge on any atom is -0.00773 e. The molecule has 4 N–H and O–H groups in total. The van der Waals surface area contributed by atoms with E-state index in [0.717, 1.165) is 6.54 Å². The molecule has 2 nitrogen and oxygen atoms in total. The largest absolute Gasteiger partial charge is 0.333 e. The average molecular weight is 160 g/mol. The van der Waals surface area contributed by atoms with Gasteiger partial charge in [-0.15, -0.1) is 0 Å². The zero-order valence-electron chi connectivity index (χ0n) is 8.10. The van der Waals surface area contributed by atoms with Crippen LogP contribution in [0.3, 0.4) is 0 Å². The molecule has 0 aromatic heterocycles. The summed E-state index contributed by atoms with van der Waals surface area (Å²) in [5.74, 6) is 0. The van der Waals surface area contributed by atoms with Crippen molar-refractivity contribution in [2.45, 2.75) is 45.4 Å². The van der Waals surface area contributed by atoms with Crippen molar-refractivity contribution < 1.29 is 0 Å². The Morgan fingerprint density at radius 1 is 0.818 bits per heavy atom. The van der Waals surface area contributed by atoms with Gasteiger partial charge in [-0.2, -0.15) is 0 Å². The highest BCUT2D eigenvalue weighted by atomic mass is 14.5. The lowest BCUT2D eigenvalue weighted by Gasteiger charge is -1.96. The van der Waals surface area contributed by atoms with E-state index in [4.69, 9.17) is 5.73 Å². The molecule has 70 valence electrons. The lowest BCUT2D eigenvalue weighted by Crippen LogP contribution is -1.97. The Morgan fingerprint density at radius 2 is 1.27 bits per heavy atom. The van der Waals surface area contributed by atoms with Crippen LogP contribution in [0.2, 0.25) is 0 Å². The topological polar surface area (TPSA) is 52.0 Å². The fourth-order valence-corrected chi connectivity index (χ4v) is 0.925. The zero-order chi connectivity index (χ0) is 8.95. The minimum absolute atomic E-state index is 0.867. The van der Waals surface area contributed by atoms with Gasteiger partial charge in [0.15, 0.2) is 0 Å². The molecule has 0 unspecified atom stereocenters. The van der Waals surface area contributed by atoms with Gasteiger partial charge in [-0.3, -0.25) is 0 Å². The van der Waals surface area contributed by atoms with Gasteiger partial charge in [0.25, 0.3) is 0 Å². The first-order valence-corrected chi connectivity index (χ1v) is 4.69. The van der Waals surface area contributed by atoms with E-state index in [9.17, 15) is 0 Å². The summed E-state index contributed by atoms with van der Waals surface area (Å²) in [6.07, 6.45) is 8.05. The number of hydrogen-bond acceptors (Lipinski definition) is 2. The van der Waals surface area contributed by atoms with Crippen LogP contribution in [0.1, 0.15) is 45.4 Å². The third-order valence-electron chi connectivity index (χ3n) is 1.56. The van der Waals surface area contributed by atoms with E-state index in [1.807, 2.05) is 0 Å². The van der Waals surface area contributed by atoms with E-state index in [0.29, 0.717) is 0 Å². The molecule has 0 aromatic rings. The third kappa shape index (κ3) is 17.8. The Kier molecular flexibility index (Phi) is 20.2. The summed E-state index contributed by atoms with van der Waals surface area (Å²) in [4.78, 5) is 0. The predicted molar refractivity (Wildman–Crippen MR) is 52.5 cm³/mol. The highest BCUT2D eigenvalue weighted by Gasteiger charge is 1.85. The minimum atomic E-state index is 0.867. The number of nitrogens with two attached hydrogens (primary N) is 2. The maximum absolute atomic E-state index is 5.34. The summed E-state index contributed by atoms with van der Waals surface area (Å²) in [5.41, 5.74) is 9.84. The van der Waals surface area contributed by atoms with E-state index in [1.54, 1.807) is 0 Å². The summed E-state index contributed by atoms with van der Waals surface area (Å²) in [6.45, 7) is 3.11. The Balaban J connectivity index is 0. The molecular formula is C9H24N2. The molecule has 11 heavy (non-hydrogen) atoms. The van der Waals surface area contributed by atoms with Crippen molar-refractivity contribution in [3.05, 3.63) is 0 Å². The fourth-order valence-electron chi connectivity index (χ4n) is 0.925. The van der Waals surface area contributed by atoms with Crippen LogP contribution in [0.25, 0.3) is 0 Å². The van der Waals surface area contributed by atoms with Crippen molar-refractivity contribution in [1.29, 1.82) is 0 Å². The number of unbranched alkanes of at least 4 members (excludes halogenated alkanes) is 5. The van der Waals surface area contributed by atoms with Crippen molar-refractivity contribution in [2.24, 2.45) is 11.5 Å². The second-order valence-electron chi connectivity index (χ2n) is 2.56. The Bertz CT molecular complexity index is 40.8. The van der Waals surface area contributed by atoms with Crippen LogP contribution < -0.4 is 11.5 Å². The normalized spacial score (nSPS) is 8.73. The molecule has 0 radical (unpaired) electrons. The first kappa shape index (κ1) is 13.5. The van der Waals surface area contributed by atoms with Gasteiger partial charge in [0.2, 0.25) is 0 Å². The monoisotopic (exact) mass is 160 g/mol. The molecule has 0 fully saturated rings. The van der Waals surface area contributed by atoms with Crippen molar-refractivity contribution in [3.63, 3.8) is 0 Å². The Morgan fingerprint density at radius 3 is 1.73 bits per heavy atom. The second-order valence-corrected chi connectivity index (χ2v) is 2.56. The molecule has 0 aromatic carbocycles. The van der Waals surface area contributed by atoms with Crippen LogP contribution >= 0.6 is 0 Å². The smallest absolute Gasteiger partial charge is 0.00773 e. The molecule has 2 heteroatoms. The molecule has 0 aliphatic rings. The molecule has 0 saturated heterocycles. The van der Waals surface area contributed by atoms with Gasteiger partial charge < -0.3 is 11.5 Å². The molecule has 0 heterocycles. The molecule has 0 rings (SSSR count). The molecule has 0 bridgehead atoms. The highest BCUT2D eigenvalue weighted by Crippen LogP contribution is 2.03. The van der Waals surface area contributed by atoms with Gasteiger partial charge in [-0.1, -0.05) is 39.0 Å². The van der Waals surface area contributed by atoms with Gasteiger partial charge in [-0.05, 0) is 20.0 Å².